The molecule has 0 radical (unpaired) electrons. The smallest absolute Gasteiger partial charge is 0.152 e. The molecule has 1 fully saturated rings. The lowest BCUT2D eigenvalue weighted by Gasteiger charge is -2.37. The highest BCUT2D eigenvalue weighted by molar-refractivity contribution is 6.33. The van der Waals surface area contributed by atoms with E-state index in [2.05, 4.69) is 4.90 Å². The zero-order valence-electron chi connectivity index (χ0n) is 10.0. The zero-order chi connectivity index (χ0) is 12.4. The van der Waals surface area contributed by atoms with Crippen molar-refractivity contribution in [1.82, 2.24) is 0 Å². The van der Waals surface area contributed by atoms with Crippen molar-refractivity contribution in [3.05, 3.63) is 28.8 Å². The second-order valence-electron chi connectivity index (χ2n) is 4.46. The second-order valence-corrected chi connectivity index (χ2v) is 4.87. The molecular weight excluding hydrogens is 238 g/mol. The molecule has 0 amide bonds. The molecule has 0 bridgehead atoms. The molecule has 1 aromatic carbocycles. The SMILES string of the molecule is C[C@@H]1CN(c2c(Cl)cccc2C=O)C[C@H](C)O1. The molecule has 2 atom stereocenters. The van der Waals surface area contributed by atoms with Crippen LogP contribution in [0.2, 0.25) is 5.02 Å². The largest absolute Gasteiger partial charge is 0.372 e. The summed E-state index contributed by atoms with van der Waals surface area (Å²) < 4.78 is 5.68. The lowest BCUT2D eigenvalue weighted by atomic mass is 10.1. The Balaban J connectivity index is 2.35. The van der Waals surface area contributed by atoms with Gasteiger partial charge in [-0.2, -0.15) is 0 Å². The maximum absolute atomic E-state index is 11.1. The lowest BCUT2D eigenvalue weighted by molar-refractivity contribution is -0.00524. The van der Waals surface area contributed by atoms with E-state index in [9.17, 15) is 4.79 Å². The lowest BCUT2D eigenvalue weighted by Crippen LogP contribution is -2.46. The standard InChI is InChI=1S/C13H16ClNO2/c1-9-6-15(7-10(2)17-9)13-11(8-16)4-3-5-12(13)14/h3-5,8-10H,6-7H2,1-2H3/t9-,10+. The minimum absolute atomic E-state index is 0.148. The zero-order valence-corrected chi connectivity index (χ0v) is 10.8. The molecule has 92 valence electrons. The number of hydrogen-bond acceptors (Lipinski definition) is 3. The van der Waals surface area contributed by atoms with Crippen LogP contribution < -0.4 is 4.90 Å². The van der Waals surface area contributed by atoms with Crippen LogP contribution in [0.25, 0.3) is 0 Å². The van der Waals surface area contributed by atoms with Gasteiger partial charge in [0.05, 0.1) is 22.9 Å². The molecule has 3 nitrogen and oxygen atoms in total. The summed E-state index contributed by atoms with van der Waals surface area (Å²) in [5.74, 6) is 0. The van der Waals surface area contributed by atoms with Gasteiger partial charge in [-0.1, -0.05) is 17.7 Å². The number of nitrogens with zero attached hydrogens (tertiary/aromatic N) is 1. The quantitative estimate of drug-likeness (QED) is 0.759. The average molecular weight is 254 g/mol. The van der Waals surface area contributed by atoms with Crippen molar-refractivity contribution in [3.63, 3.8) is 0 Å². The monoisotopic (exact) mass is 253 g/mol. The Morgan fingerprint density at radius 3 is 2.59 bits per heavy atom. The van der Waals surface area contributed by atoms with Gasteiger partial charge in [-0.15, -0.1) is 0 Å². The highest BCUT2D eigenvalue weighted by Crippen LogP contribution is 2.31. The molecule has 1 heterocycles. The molecule has 17 heavy (non-hydrogen) atoms. The maximum atomic E-state index is 11.1. The normalized spacial score (nSPS) is 24.8. The van der Waals surface area contributed by atoms with Crippen molar-refractivity contribution < 1.29 is 9.53 Å². The van der Waals surface area contributed by atoms with Gasteiger partial charge >= 0.3 is 0 Å². The molecule has 4 heteroatoms. The Morgan fingerprint density at radius 1 is 1.35 bits per heavy atom. The van der Waals surface area contributed by atoms with Gasteiger partial charge in [-0.25, -0.2) is 0 Å². The molecule has 1 aliphatic rings. The highest BCUT2D eigenvalue weighted by atomic mass is 35.5. The number of morpholine rings is 1. The highest BCUT2D eigenvalue weighted by Gasteiger charge is 2.25. The molecule has 0 unspecified atom stereocenters. The number of rotatable bonds is 2. The molecule has 0 spiro atoms. The van der Waals surface area contributed by atoms with Gasteiger partial charge < -0.3 is 9.64 Å². The van der Waals surface area contributed by atoms with E-state index in [1.807, 2.05) is 19.9 Å². The summed E-state index contributed by atoms with van der Waals surface area (Å²) in [6.45, 7) is 5.57. The van der Waals surface area contributed by atoms with E-state index in [1.54, 1.807) is 12.1 Å². The summed E-state index contributed by atoms with van der Waals surface area (Å²) >= 11 is 6.20. The predicted octanol–water partition coefficient (Wildman–Crippen LogP) is 2.77. The first kappa shape index (κ1) is 12.4. The van der Waals surface area contributed by atoms with Crippen LogP contribution in [0.3, 0.4) is 0 Å². The number of benzene rings is 1. The third kappa shape index (κ3) is 2.61. The van der Waals surface area contributed by atoms with E-state index in [0.29, 0.717) is 10.6 Å². The number of carbonyl (C=O) groups is 1. The van der Waals surface area contributed by atoms with Gasteiger partial charge in [-0.05, 0) is 26.0 Å². The first-order chi connectivity index (χ1) is 8.11. The van der Waals surface area contributed by atoms with Crippen molar-refractivity contribution in [1.29, 1.82) is 0 Å². The number of ether oxygens (including phenoxy) is 1. The molecule has 1 saturated heterocycles. The Hall–Kier alpha value is -1.06. The van der Waals surface area contributed by atoms with Gasteiger partial charge in [0.2, 0.25) is 0 Å². The van der Waals surface area contributed by atoms with E-state index in [4.69, 9.17) is 16.3 Å². The third-order valence-electron chi connectivity index (χ3n) is 2.88. The third-order valence-corrected chi connectivity index (χ3v) is 3.19. The summed E-state index contributed by atoms with van der Waals surface area (Å²) in [5, 5.41) is 0.621. The van der Waals surface area contributed by atoms with Crippen LogP contribution in [-0.4, -0.2) is 31.6 Å². The molecule has 0 aromatic heterocycles. The van der Waals surface area contributed by atoms with Crippen molar-refractivity contribution in [2.24, 2.45) is 0 Å². The Morgan fingerprint density at radius 2 is 2.00 bits per heavy atom. The molecule has 0 aliphatic carbocycles. The van der Waals surface area contributed by atoms with E-state index < -0.39 is 0 Å². The molecule has 2 rings (SSSR count). The van der Waals surface area contributed by atoms with Crippen LogP contribution in [0.4, 0.5) is 5.69 Å². The number of hydrogen-bond donors (Lipinski definition) is 0. The first-order valence-electron chi connectivity index (χ1n) is 5.76. The van der Waals surface area contributed by atoms with Gasteiger partial charge in [-0.3, -0.25) is 4.79 Å². The maximum Gasteiger partial charge on any atom is 0.152 e. The van der Waals surface area contributed by atoms with Crippen molar-refractivity contribution in [3.8, 4) is 0 Å². The predicted molar refractivity (Wildman–Crippen MR) is 69.1 cm³/mol. The van der Waals surface area contributed by atoms with Gasteiger partial charge in [0, 0.05) is 18.7 Å². The van der Waals surface area contributed by atoms with E-state index in [1.165, 1.54) is 0 Å². The minimum atomic E-state index is 0.148. The fourth-order valence-corrected chi connectivity index (χ4v) is 2.62. The summed E-state index contributed by atoms with van der Waals surface area (Å²) in [6.07, 6.45) is 1.15. The summed E-state index contributed by atoms with van der Waals surface area (Å²) in [4.78, 5) is 13.2. The number of para-hydroxylation sites is 1. The van der Waals surface area contributed by atoms with Gasteiger partial charge in [0.25, 0.3) is 0 Å². The van der Waals surface area contributed by atoms with E-state index in [0.717, 1.165) is 25.1 Å². The molecule has 1 aromatic rings. The molecule has 1 aliphatic heterocycles. The average Bonchev–Trinajstić information content (AvgIpc) is 2.27. The Bertz CT molecular complexity index is 412. The topological polar surface area (TPSA) is 29.5 Å². The van der Waals surface area contributed by atoms with Crippen molar-refractivity contribution >= 4 is 23.6 Å². The molecule has 0 saturated carbocycles. The van der Waals surface area contributed by atoms with Crippen LogP contribution in [0.1, 0.15) is 24.2 Å². The minimum Gasteiger partial charge on any atom is -0.372 e. The number of carbonyl (C=O) groups excluding carboxylic acids is 1. The summed E-state index contributed by atoms with van der Waals surface area (Å²) in [5.41, 5.74) is 1.46. The molecule has 0 N–H and O–H groups in total. The molecular formula is C13H16ClNO2. The Kier molecular flexibility index (Phi) is 3.69. The summed E-state index contributed by atoms with van der Waals surface area (Å²) in [6, 6.07) is 5.40. The van der Waals surface area contributed by atoms with Crippen LogP contribution in [0.5, 0.6) is 0 Å². The fraction of sp³-hybridized carbons (Fsp3) is 0.462. The van der Waals surface area contributed by atoms with Crippen molar-refractivity contribution in [2.75, 3.05) is 18.0 Å². The first-order valence-corrected chi connectivity index (χ1v) is 6.13. The second kappa shape index (κ2) is 5.07. The Labute approximate surface area is 106 Å². The van der Waals surface area contributed by atoms with Crippen LogP contribution >= 0.6 is 11.6 Å². The van der Waals surface area contributed by atoms with Crippen LogP contribution in [0.15, 0.2) is 18.2 Å². The van der Waals surface area contributed by atoms with Gasteiger partial charge in [0.15, 0.2) is 6.29 Å². The van der Waals surface area contributed by atoms with Crippen LogP contribution in [0, 0.1) is 0 Å². The van der Waals surface area contributed by atoms with E-state index >= 15 is 0 Å². The van der Waals surface area contributed by atoms with Gasteiger partial charge in [0.1, 0.15) is 0 Å². The van der Waals surface area contributed by atoms with Crippen LogP contribution in [-0.2, 0) is 4.74 Å². The summed E-state index contributed by atoms with van der Waals surface area (Å²) in [7, 11) is 0. The van der Waals surface area contributed by atoms with Crippen molar-refractivity contribution in [2.45, 2.75) is 26.1 Å². The van der Waals surface area contributed by atoms with E-state index in [-0.39, 0.29) is 12.2 Å². The number of aldehydes is 1. The number of halogens is 1. The number of anilines is 1. The fourth-order valence-electron chi connectivity index (χ4n) is 2.32.